The molecule has 1 fully saturated rings. The Kier molecular flexibility index (Phi) is 6.02. The number of carbonyl (C=O) groups excluding carboxylic acids is 1. The van der Waals surface area contributed by atoms with Gasteiger partial charge < -0.3 is 14.2 Å². The first-order valence-corrected chi connectivity index (χ1v) is 8.66. The first-order chi connectivity index (χ1) is 11.5. The van der Waals surface area contributed by atoms with Gasteiger partial charge in [0, 0.05) is 22.6 Å². The Morgan fingerprint density at radius 1 is 1.42 bits per heavy atom. The lowest BCUT2D eigenvalue weighted by Gasteiger charge is -2.22. The molecule has 1 aliphatic rings. The zero-order valence-corrected chi connectivity index (χ0v) is 13.9. The monoisotopic (exact) mass is 355 g/mol. The van der Waals surface area contributed by atoms with Crippen LogP contribution in [0.4, 0.5) is 0 Å². The predicted octanol–water partition coefficient (Wildman–Crippen LogP) is 2.28. The average Bonchev–Trinajstić information content (AvgIpc) is 2.60. The third-order valence-corrected chi connectivity index (χ3v) is 4.75. The lowest BCUT2D eigenvalue weighted by Crippen LogP contribution is -2.22. The maximum atomic E-state index is 11.9. The summed E-state index contributed by atoms with van der Waals surface area (Å²) in [5, 5.41) is 0. The van der Waals surface area contributed by atoms with E-state index in [0.717, 1.165) is 18.9 Å². The fourth-order valence-electron chi connectivity index (χ4n) is 2.28. The normalized spacial score (nSPS) is 15.4. The quantitative estimate of drug-likeness (QED) is 0.333. The van der Waals surface area contributed by atoms with Gasteiger partial charge in [-0.15, -0.1) is 0 Å². The number of rotatable bonds is 6. The van der Waals surface area contributed by atoms with E-state index in [9.17, 15) is 13.2 Å². The van der Waals surface area contributed by atoms with Crippen LogP contribution in [0.2, 0.25) is 0 Å². The molecule has 0 amide bonds. The topological polar surface area (TPSA) is 128 Å². The highest BCUT2D eigenvalue weighted by Crippen LogP contribution is 2.26. The van der Waals surface area contributed by atoms with Crippen LogP contribution in [0.3, 0.4) is 0 Å². The molecule has 1 heterocycles. The number of benzene rings is 1. The zero-order valence-electron chi connectivity index (χ0n) is 13.0. The average molecular weight is 355 g/mol. The van der Waals surface area contributed by atoms with Gasteiger partial charge in [-0.3, -0.25) is 0 Å². The first-order valence-electron chi connectivity index (χ1n) is 7.22. The smallest absolute Gasteiger partial charge is 0.341 e. The maximum Gasteiger partial charge on any atom is 0.341 e. The van der Waals surface area contributed by atoms with Gasteiger partial charge in [-0.25, -0.2) is 13.2 Å². The van der Waals surface area contributed by atoms with Crippen molar-refractivity contribution in [1.29, 1.82) is 0 Å². The van der Waals surface area contributed by atoms with Crippen molar-refractivity contribution in [3.05, 3.63) is 34.2 Å². The molecular weight excluding hydrogens is 338 g/mol. The van der Waals surface area contributed by atoms with Crippen LogP contribution in [0.15, 0.2) is 27.6 Å². The van der Waals surface area contributed by atoms with Crippen LogP contribution in [0.5, 0.6) is 5.75 Å². The van der Waals surface area contributed by atoms with E-state index in [0.29, 0.717) is 25.7 Å². The summed E-state index contributed by atoms with van der Waals surface area (Å²) in [6.45, 7) is 1.72. The molecule has 9 nitrogen and oxygen atoms in total. The highest BCUT2D eigenvalue weighted by atomic mass is 32.2. The molecule has 0 spiro atoms. The fraction of sp³-hybridized carbons (Fsp3) is 0.500. The van der Waals surface area contributed by atoms with Gasteiger partial charge in [-0.05, 0) is 42.5 Å². The van der Waals surface area contributed by atoms with E-state index in [1.165, 1.54) is 19.2 Å². The third kappa shape index (κ3) is 4.38. The standard InChI is InChI=1S/C14H17N3O6S/c1-21-14(18)12-8-11(24(19,20)17-16-15)2-3-13(12)23-9-10-4-6-22-7-5-10/h2-3,8,10H,4-7,9H2,1H3. The summed E-state index contributed by atoms with van der Waals surface area (Å²) >= 11 is 0. The molecule has 24 heavy (non-hydrogen) atoms. The summed E-state index contributed by atoms with van der Waals surface area (Å²) in [4.78, 5) is 13.9. The molecular formula is C14H17N3O6S. The molecule has 130 valence electrons. The molecule has 0 unspecified atom stereocenters. The minimum atomic E-state index is -4.20. The molecule has 0 N–H and O–H groups in total. The second kappa shape index (κ2) is 8.00. The lowest BCUT2D eigenvalue weighted by molar-refractivity contribution is 0.0483. The van der Waals surface area contributed by atoms with Crippen molar-refractivity contribution in [1.82, 2.24) is 0 Å². The van der Waals surface area contributed by atoms with Crippen molar-refractivity contribution in [2.75, 3.05) is 26.9 Å². The second-order valence-corrected chi connectivity index (χ2v) is 6.75. The number of azide groups is 1. The fourth-order valence-corrected chi connectivity index (χ4v) is 2.98. The second-order valence-electron chi connectivity index (χ2n) is 5.16. The minimum Gasteiger partial charge on any atom is -0.492 e. The van der Waals surface area contributed by atoms with Gasteiger partial charge in [0.2, 0.25) is 0 Å². The summed E-state index contributed by atoms with van der Waals surface area (Å²) in [6, 6.07) is 3.65. The third-order valence-electron chi connectivity index (χ3n) is 3.61. The molecule has 10 heteroatoms. The molecule has 1 aromatic carbocycles. The number of nitrogens with zero attached hydrogens (tertiary/aromatic N) is 3. The molecule has 0 saturated carbocycles. The van der Waals surface area contributed by atoms with Gasteiger partial charge in [0.15, 0.2) is 0 Å². The van der Waals surface area contributed by atoms with Gasteiger partial charge in [-0.1, -0.05) is 0 Å². The van der Waals surface area contributed by atoms with E-state index < -0.39 is 16.0 Å². The van der Waals surface area contributed by atoms with E-state index >= 15 is 0 Å². The molecule has 1 aliphatic heterocycles. The van der Waals surface area contributed by atoms with E-state index in [1.807, 2.05) is 0 Å². The molecule has 2 rings (SSSR count). The number of sulfonamides is 1. The summed E-state index contributed by atoms with van der Waals surface area (Å²) in [5.74, 6) is -0.223. The molecule has 1 saturated heterocycles. The van der Waals surface area contributed by atoms with E-state index in [4.69, 9.17) is 15.0 Å². The number of methoxy groups -OCH3 is 1. The van der Waals surface area contributed by atoms with Crippen LogP contribution >= 0.6 is 0 Å². The Bertz CT molecular complexity index is 752. The van der Waals surface area contributed by atoms with Crippen molar-refractivity contribution in [3.8, 4) is 5.75 Å². The van der Waals surface area contributed by atoms with Gasteiger partial charge >= 0.3 is 5.97 Å². The number of hydrogen-bond acceptors (Lipinski definition) is 6. The number of esters is 1. The molecule has 0 atom stereocenters. The molecule has 0 bridgehead atoms. The van der Waals surface area contributed by atoms with Crippen LogP contribution in [-0.2, 0) is 19.5 Å². The van der Waals surface area contributed by atoms with Crippen LogP contribution < -0.4 is 4.74 Å². The highest BCUT2D eigenvalue weighted by Gasteiger charge is 2.21. The van der Waals surface area contributed by atoms with Crippen molar-refractivity contribution < 1.29 is 27.4 Å². The van der Waals surface area contributed by atoms with Gasteiger partial charge in [0.1, 0.15) is 11.3 Å². The number of carbonyl (C=O) groups is 1. The zero-order chi connectivity index (χ0) is 17.6. The first kappa shape index (κ1) is 18.1. The van der Waals surface area contributed by atoms with Crippen molar-refractivity contribution in [3.63, 3.8) is 0 Å². The lowest BCUT2D eigenvalue weighted by atomic mass is 10.0. The SMILES string of the molecule is COC(=O)c1cc(S(=O)(=O)N=[N+]=[N-])ccc1OCC1CCOCC1. The molecule has 0 aliphatic carbocycles. The van der Waals surface area contributed by atoms with Crippen LogP contribution in [-0.4, -0.2) is 41.3 Å². The van der Waals surface area contributed by atoms with Crippen molar-refractivity contribution >= 4 is 16.0 Å². The Morgan fingerprint density at radius 3 is 2.75 bits per heavy atom. The van der Waals surface area contributed by atoms with Crippen LogP contribution in [0.1, 0.15) is 23.2 Å². The van der Waals surface area contributed by atoms with Gasteiger partial charge in [0.25, 0.3) is 10.0 Å². The highest BCUT2D eigenvalue weighted by molar-refractivity contribution is 7.90. The number of ether oxygens (including phenoxy) is 3. The Balaban J connectivity index is 2.26. The van der Waals surface area contributed by atoms with Gasteiger partial charge in [0.05, 0.1) is 18.6 Å². The van der Waals surface area contributed by atoms with Crippen LogP contribution in [0.25, 0.3) is 10.4 Å². The largest absolute Gasteiger partial charge is 0.492 e. The summed E-state index contributed by atoms with van der Waals surface area (Å²) in [7, 11) is -3.02. The van der Waals surface area contributed by atoms with Crippen molar-refractivity contribution in [2.45, 2.75) is 17.7 Å². The predicted molar refractivity (Wildman–Crippen MR) is 83.2 cm³/mol. The van der Waals surface area contributed by atoms with E-state index in [-0.39, 0.29) is 16.2 Å². The van der Waals surface area contributed by atoms with Gasteiger partial charge in [-0.2, -0.15) is 0 Å². The summed E-state index contributed by atoms with van der Waals surface area (Å²) in [5.41, 5.74) is 8.28. The molecule has 1 aromatic rings. The Labute approximate surface area is 139 Å². The number of hydrogen-bond donors (Lipinski definition) is 0. The van der Waals surface area contributed by atoms with Crippen LogP contribution in [0, 0.1) is 5.92 Å². The van der Waals surface area contributed by atoms with E-state index in [2.05, 4.69) is 14.2 Å². The minimum absolute atomic E-state index is 0.0428. The Hall–Kier alpha value is -2.29. The summed E-state index contributed by atoms with van der Waals surface area (Å²) in [6.07, 6.45) is 1.72. The molecule has 0 radical (unpaired) electrons. The summed E-state index contributed by atoms with van der Waals surface area (Å²) < 4.78 is 41.9. The van der Waals surface area contributed by atoms with Crippen molar-refractivity contribution in [2.24, 2.45) is 10.4 Å². The van der Waals surface area contributed by atoms with E-state index in [1.54, 1.807) is 0 Å². The Morgan fingerprint density at radius 2 is 2.12 bits per heavy atom. The molecule has 0 aromatic heterocycles. The maximum absolute atomic E-state index is 11.9.